The molecule has 0 bridgehead atoms. The number of rotatable bonds is 19. The van der Waals surface area contributed by atoms with Crippen LogP contribution in [0.1, 0.15) is 51.4 Å². The summed E-state index contributed by atoms with van der Waals surface area (Å²) in [6, 6.07) is -5.25. The average molecular weight is 502 g/mol. The third kappa shape index (κ3) is 14.3. The van der Waals surface area contributed by atoms with E-state index in [0.717, 1.165) is 0 Å². The Hall–Kier alpha value is -3.59. The van der Waals surface area contributed by atoms with Crippen LogP contribution in [-0.4, -0.2) is 82.8 Å². The molecule has 4 atom stereocenters. The summed E-state index contributed by atoms with van der Waals surface area (Å²) in [6.07, 6.45) is 0.575. The van der Waals surface area contributed by atoms with Gasteiger partial charge in [-0.05, 0) is 38.6 Å². The monoisotopic (exact) mass is 501 g/mol. The molecule has 0 aliphatic heterocycles. The van der Waals surface area contributed by atoms with E-state index in [9.17, 15) is 33.6 Å². The minimum absolute atomic E-state index is 0.0920. The fourth-order valence-electron chi connectivity index (χ4n) is 2.83. The number of unbranched alkanes of at least 4 members (excludes halogenated alkanes) is 1. The number of carbonyl (C=O) groups excluding carboxylic acids is 5. The lowest BCUT2D eigenvalue weighted by molar-refractivity contribution is -0.138. The zero-order valence-corrected chi connectivity index (χ0v) is 19.2. The van der Waals surface area contributed by atoms with Crippen LogP contribution in [0, 0.1) is 0 Å². The maximum absolute atomic E-state index is 12.8. The third-order valence-electron chi connectivity index (χ3n) is 4.73. The molecule has 0 aromatic rings. The van der Waals surface area contributed by atoms with Crippen LogP contribution in [0.3, 0.4) is 0 Å². The highest BCUT2D eigenvalue weighted by Gasteiger charge is 2.30. The molecule has 35 heavy (non-hydrogen) atoms. The first-order valence-corrected chi connectivity index (χ1v) is 10.9. The Morgan fingerprint density at radius 2 is 1.31 bits per heavy atom. The van der Waals surface area contributed by atoms with Gasteiger partial charge in [-0.25, -0.2) is 0 Å². The molecule has 0 aliphatic carbocycles. The van der Waals surface area contributed by atoms with Crippen molar-refractivity contribution in [3.8, 4) is 0 Å². The maximum atomic E-state index is 12.8. The molecule has 0 heterocycles. The Kier molecular flexibility index (Phi) is 15.2. The van der Waals surface area contributed by atoms with Gasteiger partial charge in [-0.2, -0.15) is 0 Å². The molecule has 1 radical (unpaired) electrons. The van der Waals surface area contributed by atoms with E-state index < -0.39 is 72.6 Å². The summed E-state index contributed by atoms with van der Waals surface area (Å²) >= 11 is 0. The van der Waals surface area contributed by atoms with Crippen molar-refractivity contribution in [2.75, 3.05) is 6.54 Å². The van der Waals surface area contributed by atoms with Crippen molar-refractivity contribution in [3.05, 3.63) is 0 Å². The first kappa shape index (κ1) is 31.4. The van der Waals surface area contributed by atoms with Gasteiger partial charge in [0.1, 0.15) is 12.1 Å². The number of carbonyl (C=O) groups is 6. The standard InChI is InChI=1S/C20H33N6O9/c21-8-2-1-3-13(25-18(33)12(22)5-7-17(31)32)19(34)26-14(9-15(23)28)20(35)24-11(10-27)4-6-16(29)30/h11-14H,1-9,21-22H2,(H2,23,28)(H,24,35)(H,25,33)(H,26,34)(H,29,30)(H,31,32)/t11-,12-,13-,14-/m0/s1. The number of aliphatic carboxylic acids is 2. The molecule has 0 saturated carbocycles. The second-order valence-corrected chi connectivity index (χ2v) is 7.73. The van der Waals surface area contributed by atoms with Gasteiger partial charge in [0.15, 0.2) is 0 Å². The number of amides is 4. The molecule has 197 valence electrons. The molecule has 0 saturated heterocycles. The van der Waals surface area contributed by atoms with Gasteiger partial charge >= 0.3 is 11.9 Å². The SMILES string of the molecule is NCCCC[C@H](NC(=O)[C@@H](N)CCC(=O)O)C(=O)N[C@@H](CC(N)=O)C(=O)N[C@H]([C]=O)CCC(=O)O. The van der Waals surface area contributed by atoms with Crippen molar-refractivity contribution in [2.45, 2.75) is 75.5 Å². The summed E-state index contributed by atoms with van der Waals surface area (Å²) in [5.74, 6) is -5.96. The van der Waals surface area contributed by atoms with Crippen molar-refractivity contribution in [3.63, 3.8) is 0 Å². The Balaban J connectivity index is 5.42. The quantitative estimate of drug-likeness (QED) is 0.0808. The number of nitrogens with one attached hydrogen (secondary N) is 3. The summed E-state index contributed by atoms with van der Waals surface area (Å²) in [4.78, 5) is 81.6. The molecule has 0 aromatic heterocycles. The molecule has 11 N–H and O–H groups in total. The highest BCUT2D eigenvalue weighted by atomic mass is 16.4. The Morgan fingerprint density at radius 3 is 1.83 bits per heavy atom. The third-order valence-corrected chi connectivity index (χ3v) is 4.73. The molecule has 0 unspecified atom stereocenters. The van der Waals surface area contributed by atoms with Crippen molar-refractivity contribution < 1.29 is 43.8 Å². The van der Waals surface area contributed by atoms with E-state index in [4.69, 9.17) is 27.4 Å². The molecule has 4 amide bonds. The average Bonchev–Trinajstić information content (AvgIpc) is 2.78. The van der Waals surface area contributed by atoms with Crippen molar-refractivity contribution in [1.29, 1.82) is 0 Å². The molecule has 0 spiro atoms. The van der Waals surface area contributed by atoms with Gasteiger partial charge in [0, 0.05) is 12.8 Å². The van der Waals surface area contributed by atoms with Gasteiger partial charge in [0.05, 0.1) is 18.5 Å². The number of carboxylic acids is 2. The molecule has 0 aromatic carbocycles. The zero-order chi connectivity index (χ0) is 27.0. The Bertz CT molecular complexity index is 776. The normalized spacial score (nSPS) is 14.0. The molecule has 0 rings (SSSR count). The second kappa shape index (κ2) is 16.9. The molecule has 15 heteroatoms. The van der Waals surface area contributed by atoms with Crippen molar-refractivity contribution in [2.24, 2.45) is 17.2 Å². The molecule has 0 fully saturated rings. The van der Waals surface area contributed by atoms with Crippen molar-refractivity contribution >= 4 is 41.9 Å². The van der Waals surface area contributed by atoms with Crippen LogP contribution in [0.4, 0.5) is 0 Å². The number of nitrogens with two attached hydrogens (primary N) is 3. The van der Waals surface area contributed by atoms with Crippen LogP contribution in [0.25, 0.3) is 0 Å². The maximum Gasteiger partial charge on any atom is 0.303 e. The summed E-state index contributed by atoms with van der Waals surface area (Å²) in [5.41, 5.74) is 16.3. The summed E-state index contributed by atoms with van der Waals surface area (Å²) in [5, 5.41) is 24.3. The van der Waals surface area contributed by atoms with Crippen LogP contribution in [-0.2, 0) is 33.6 Å². The molecular weight excluding hydrogens is 468 g/mol. The molecular formula is C20H33N6O9. The number of primary amides is 1. The lowest BCUT2D eigenvalue weighted by Crippen LogP contribution is -2.57. The second-order valence-electron chi connectivity index (χ2n) is 7.73. The van der Waals surface area contributed by atoms with Gasteiger partial charge < -0.3 is 43.4 Å². The largest absolute Gasteiger partial charge is 0.481 e. The van der Waals surface area contributed by atoms with Crippen LogP contribution < -0.4 is 33.2 Å². The van der Waals surface area contributed by atoms with E-state index >= 15 is 0 Å². The minimum atomic E-state index is -1.53. The number of carboxylic acid groups (broad SMARTS) is 2. The van der Waals surface area contributed by atoms with Crippen molar-refractivity contribution in [1.82, 2.24) is 16.0 Å². The highest BCUT2D eigenvalue weighted by Crippen LogP contribution is 2.05. The van der Waals surface area contributed by atoms with Gasteiger partial charge in [0.2, 0.25) is 29.9 Å². The van der Waals surface area contributed by atoms with Gasteiger partial charge in [-0.3, -0.25) is 33.6 Å². The van der Waals surface area contributed by atoms with E-state index in [1.54, 1.807) is 0 Å². The zero-order valence-electron chi connectivity index (χ0n) is 19.2. The first-order valence-electron chi connectivity index (χ1n) is 10.9. The first-order chi connectivity index (χ1) is 16.4. The summed E-state index contributed by atoms with van der Waals surface area (Å²) in [7, 11) is 0. The summed E-state index contributed by atoms with van der Waals surface area (Å²) in [6.45, 7) is 0.313. The lowest BCUT2D eigenvalue weighted by atomic mass is 10.1. The molecule has 0 aliphatic rings. The lowest BCUT2D eigenvalue weighted by Gasteiger charge is -2.24. The topological polar surface area (TPSA) is 274 Å². The van der Waals surface area contributed by atoms with Crippen LogP contribution in [0.5, 0.6) is 0 Å². The Labute approximate surface area is 201 Å². The predicted octanol–water partition coefficient (Wildman–Crippen LogP) is -3.39. The van der Waals surface area contributed by atoms with E-state index in [0.29, 0.717) is 19.4 Å². The van der Waals surface area contributed by atoms with E-state index in [-0.39, 0.29) is 25.7 Å². The minimum Gasteiger partial charge on any atom is -0.481 e. The van der Waals surface area contributed by atoms with E-state index in [1.165, 1.54) is 6.29 Å². The summed E-state index contributed by atoms with van der Waals surface area (Å²) < 4.78 is 0. The fraction of sp³-hybridized carbons (Fsp3) is 0.650. The Morgan fingerprint density at radius 1 is 0.771 bits per heavy atom. The van der Waals surface area contributed by atoms with Gasteiger partial charge in [-0.1, -0.05) is 0 Å². The van der Waals surface area contributed by atoms with Gasteiger partial charge in [0.25, 0.3) is 0 Å². The highest BCUT2D eigenvalue weighted by molar-refractivity contribution is 5.95. The number of hydrogen-bond acceptors (Lipinski definition) is 9. The van der Waals surface area contributed by atoms with Gasteiger partial charge in [-0.15, -0.1) is 0 Å². The fourth-order valence-corrected chi connectivity index (χ4v) is 2.83. The predicted molar refractivity (Wildman–Crippen MR) is 120 cm³/mol. The van der Waals surface area contributed by atoms with Crippen LogP contribution >= 0.6 is 0 Å². The smallest absolute Gasteiger partial charge is 0.303 e. The molecule has 15 nitrogen and oxygen atoms in total. The number of hydrogen-bond donors (Lipinski definition) is 8. The van der Waals surface area contributed by atoms with E-state index in [1.807, 2.05) is 0 Å². The van der Waals surface area contributed by atoms with Crippen LogP contribution in [0.15, 0.2) is 0 Å². The van der Waals surface area contributed by atoms with Crippen LogP contribution in [0.2, 0.25) is 0 Å². The van der Waals surface area contributed by atoms with E-state index in [2.05, 4.69) is 16.0 Å².